The van der Waals surface area contributed by atoms with Crippen molar-refractivity contribution >= 4 is 11.0 Å². The zero-order valence-electron chi connectivity index (χ0n) is 10.8. The summed E-state index contributed by atoms with van der Waals surface area (Å²) in [4.78, 5) is 0. The molecule has 1 aromatic carbocycles. The quantitative estimate of drug-likeness (QED) is 0.658. The topological polar surface area (TPSA) is 60.4 Å². The van der Waals surface area contributed by atoms with Crippen LogP contribution in [0.15, 0.2) is 28.7 Å². The Morgan fingerprint density at radius 1 is 1.47 bits per heavy atom. The molecular weight excluding hydrogens is 247 g/mol. The minimum absolute atomic E-state index is 0.266. The third-order valence-electron chi connectivity index (χ3n) is 4.10. The maximum Gasteiger partial charge on any atom is 0.169 e. The molecule has 19 heavy (non-hydrogen) atoms. The highest BCUT2D eigenvalue weighted by Gasteiger charge is 2.46. The molecule has 1 atom stereocenters. The molecule has 3 rings (SSSR count). The molecule has 1 heterocycles. The highest BCUT2D eigenvalue weighted by Crippen LogP contribution is 2.45. The van der Waals surface area contributed by atoms with Crippen LogP contribution in [0.4, 0.5) is 4.39 Å². The van der Waals surface area contributed by atoms with Crippen LogP contribution in [0.5, 0.6) is 0 Å². The predicted molar refractivity (Wildman–Crippen MR) is 69.8 cm³/mol. The SMILES string of the molecule is COC1(C(NN)c2cc3cccc(F)c3o2)CCC1. The van der Waals surface area contributed by atoms with Crippen LogP contribution in [0.2, 0.25) is 0 Å². The van der Waals surface area contributed by atoms with E-state index in [4.69, 9.17) is 15.0 Å². The van der Waals surface area contributed by atoms with Gasteiger partial charge in [-0.05, 0) is 31.4 Å². The smallest absolute Gasteiger partial charge is 0.169 e. The zero-order chi connectivity index (χ0) is 13.5. The number of hydrogen-bond donors (Lipinski definition) is 2. The van der Waals surface area contributed by atoms with E-state index < -0.39 is 0 Å². The second kappa shape index (κ2) is 4.59. The molecular formula is C14H17FN2O2. The van der Waals surface area contributed by atoms with Crippen molar-refractivity contribution in [2.24, 2.45) is 5.84 Å². The van der Waals surface area contributed by atoms with Gasteiger partial charge < -0.3 is 9.15 Å². The molecule has 0 saturated heterocycles. The highest BCUT2D eigenvalue weighted by atomic mass is 19.1. The van der Waals surface area contributed by atoms with E-state index in [9.17, 15) is 4.39 Å². The van der Waals surface area contributed by atoms with E-state index in [0.717, 1.165) is 24.6 Å². The van der Waals surface area contributed by atoms with Gasteiger partial charge in [0.1, 0.15) is 11.8 Å². The van der Waals surface area contributed by atoms with Gasteiger partial charge in [0.15, 0.2) is 11.4 Å². The van der Waals surface area contributed by atoms with Crippen LogP contribution in [-0.2, 0) is 4.74 Å². The average molecular weight is 264 g/mol. The molecule has 0 amide bonds. The molecule has 0 aliphatic heterocycles. The number of nitrogens with one attached hydrogen (secondary N) is 1. The van der Waals surface area contributed by atoms with Gasteiger partial charge in [-0.2, -0.15) is 0 Å². The molecule has 3 N–H and O–H groups in total. The standard InChI is InChI=1S/C14H17FN2O2/c1-18-14(6-3-7-14)13(17-16)11-8-9-4-2-5-10(15)12(9)19-11/h2,4-5,8,13,17H,3,6-7,16H2,1H3. The highest BCUT2D eigenvalue weighted by molar-refractivity contribution is 5.78. The van der Waals surface area contributed by atoms with Gasteiger partial charge in [0, 0.05) is 12.5 Å². The second-order valence-corrected chi connectivity index (χ2v) is 5.03. The third kappa shape index (κ3) is 1.85. The number of halogens is 1. The minimum Gasteiger partial charge on any atom is -0.456 e. The predicted octanol–water partition coefficient (Wildman–Crippen LogP) is 2.65. The Kier molecular flexibility index (Phi) is 3.05. The number of rotatable bonds is 4. The summed E-state index contributed by atoms with van der Waals surface area (Å²) in [6.07, 6.45) is 2.93. The average Bonchev–Trinajstić information content (AvgIpc) is 2.78. The van der Waals surface area contributed by atoms with E-state index in [1.54, 1.807) is 13.2 Å². The van der Waals surface area contributed by atoms with Gasteiger partial charge in [-0.25, -0.2) is 9.82 Å². The lowest BCUT2D eigenvalue weighted by Gasteiger charge is -2.45. The van der Waals surface area contributed by atoms with E-state index in [1.807, 2.05) is 12.1 Å². The number of ether oxygens (including phenoxy) is 1. The van der Waals surface area contributed by atoms with Crippen molar-refractivity contribution in [1.29, 1.82) is 0 Å². The van der Waals surface area contributed by atoms with E-state index in [0.29, 0.717) is 5.76 Å². The Balaban J connectivity index is 2.04. The fraction of sp³-hybridized carbons (Fsp3) is 0.429. The molecule has 0 spiro atoms. The van der Waals surface area contributed by atoms with Crippen LogP contribution >= 0.6 is 0 Å². The second-order valence-electron chi connectivity index (χ2n) is 5.03. The first-order valence-electron chi connectivity index (χ1n) is 6.39. The van der Waals surface area contributed by atoms with Gasteiger partial charge in [0.05, 0.1) is 5.60 Å². The summed E-state index contributed by atoms with van der Waals surface area (Å²) < 4.78 is 24.9. The van der Waals surface area contributed by atoms with Crippen molar-refractivity contribution in [3.8, 4) is 0 Å². The maximum absolute atomic E-state index is 13.7. The Morgan fingerprint density at radius 2 is 2.26 bits per heavy atom. The van der Waals surface area contributed by atoms with Gasteiger partial charge in [0.2, 0.25) is 0 Å². The van der Waals surface area contributed by atoms with Crippen molar-refractivity contribution in [1.82, 2.24) is 5.43 Å². The molecule has 1 aliphatic carbocycles. The normalized spacial score (nSPS) is 19.3. The van der Waals surface area contributed by atoms with Crippen LogP contribution in [0.1, 0.15) is 31.1 Å². The number of hydrazine groups is 1. The summed E-state index contributed by atoms with van der Waals surface area (Å²) in [6, 6.07) is 6.42. The van der Waals surface area contributed by atoms with E-state index in [-0.39, 0.29) is 23.0 Å². The minimum atomic E-state index is -0.361. The Morgan fingerprint density at radius 3 is 2.79 bits per heavy atom. The van der Waals surface area contributed by atoms with Gasteiger partial charge in [0.25, 0.3) is 0 Å². The number of hydrogen-bond acceptors (Lipinski definition) is 4. The lowest BCUT2D eigenvalue weighted by Crippen LogP contribution is -2.52. The fourth-order valence-corrected chi connectivity index (χ4v) is 2.82. The first-order chi connectivity index (χ1) is 9.20. The van der Waals surface area contributed by atoms with Crippen LogP contribution in [-0.4, -0.2) is 12.7 Å². The molecule has 0 bridgehead atoms. The van der Waals surface area contributed by atoms with Crippen molar-refractivity contribution in [3.63, 3.8) is 0 Å². The summed E-state index contributed by atoms with van der Waals surface area (Å²) >= 11 is 0. The lowest BCUT2D eigenvalue weighted by molar-refractivity contribution is -0.104. The van der Waals surface area contributed by atoms with E-state index >= 15 is 0 Å². The fourth-order valence-electron chi connectivity index (χ4n) is 2.82. The van der Waals surface area contributed by atoms with Crippen LogP contribution in [0.3, 0.4) is 0 Å². The maximum atomic E-state index is 13.7. The number of methoxy groups -OCH3 is 1. The summed E-state index contributed by atoms with van der Waals surface area (Å²) in [5.41, 5.74) is 2.67. The Hall–Kier alpha value is -1.43. The van der Waals surface area contributed by atoms with Crippen LogP contribution in [0, 0.1) is 5.82 Å². The number of fused-ring (bicyclic) bond motifs is 1. The molecule has 1 saturated carbocycles. The van der Waals surface area contributed by atoms with Crippen molar-refractivity contribution in [2.45, 2.75) is 30.9 Å². The Bertz CT molecular complexity index is 587. The molecule has 5 heteroatoms. The van der Waals surface area contributed by atoms with Gasteiger partial charge in [-0.3, -0.25) is 5.84 Å². The summed E-state index contributed by atoms with van der Waals surface area (Å²) in [7, 11) is 1.67. The van der Waals surface area contributed by atoms with E-state index in [1.165, 1.54) is 6.07 Å². The zero-order valence-corrected chi connectivity index (χ0v) is 10.8. The third-order valence-corrected chi connectivity index (χ3v) is 4.10. The largest absolute Gasteiger partial charge is 0.456 e. The van der Waals surface area contributed by atoms with Crippen LogP contribution in [0.25, 0.3) is 11.0 Å². The molecule has 1 unspecified atom stereocenters. The number of nitrogens with two attached hydrogens (primary N) is 1. The molecule has 1 fully saturated rings. The number of para-hydroxylation sites is 1. The van der Waals surface area contributed by atoms with Crippen LogP contribution < -0.4 is 11.3 Å². The number of furan rings is 1. The molecule has 1 aromatic heterocycles. The monoisotopic (exact) mass is 264 g/mol. The molecule has 2 aromatic rings. The van der Waals surface area contributed by atoms with Crippen molar-refractivity contribution in [3.05, 3.63) is 35.8 Å². The summed E-state index contributed by atoms with van der Waals surface area (Å²) in [5.74, 6) is 5.91. The van der Waals surface area contributed by atoms with Gasteiger partial charge >= 0.3 is 0 Å². The van der Waals surface area contributed by atoms with E-state index in [2.05, 4.69) is 5.43 Å². The molecule has 1 aliphatic rings. The van der Waals surface area contributed by atoms with Crippen molar-refractivity contribution < 1.29 is 13.5 Å². The number of benzene rings is 1. The molecule has 102 valence electrons. The summed E-state index contributed by atoms with van der Waals surface area (Å²) in [6.45, 7) is 0. The molecule has 4 nitrogen and oxygen atoms in total. The Labute approximate surface area is 110 Å². The first-order valence-corrected chi connectivity index (χ1v) is 6.39. The van der Waals surface area contributed by atoms with Crippen molar-refractivity contribution in [2.75, 3.05) is 7.11 Å². The summed E-state index contributed by atoms with van der Waals surface area (Å²) in [5, 5.41) is 0.737. The van der Waals surface area contributed by atoms with Gasteiger partial charge in [-0.1, -0.05) is 12.1 Å². The first kappa shape index (κ1) is 12.6. The lowest BCUT2D eigenvalue weighted by atomic mass is 9.74. The van der Waals surface area contributed by atoms with Gasteiger partial charge in [-0.15, -0.1) is 0 Å². The molecule has 0 radical (unpaired) electrons.